The first-order valence-corrected chi connectivity index (χ1v) is 13.1. The van der Waals surface area contributed by atoms with E-state index >= 15 is 0 Å². The maximum atomic E-state index is 12.9. The highest BCUT2D eigenvalue weighted by Gasteiger charge is 2.42. The Bertz CT molecular complexity index is 1160. The molecule has 2 N–H and O–H groups in total. The second kappa shape index (κ2) is 10.2. The van der Waals surface area contributed by atoms with Crippen LogP contribution in [-0.2, 0) is 14.8 Å². The highest BCUT2D eigenvalue weighted by atomic mass is 32.2. The van der Waals surface area contributed by atoms with Gasteiger partial charge in [-0.1, -0.05) is 18.6 Å². The van der Waals surface area contributed by atoms with E-state index in [1.54, 1.807) is 31.4 Å². The quantitative estimate of drug-likeness (QED) is 0.513. The largest absolute Gasteiger partial charge is 0.493 e. The number of hydrogen-bond donors (Lipinski definition) is 2. The first-order valence-electron chi connectivity index (χ1n) is 11.6. The van der Waals surface area contributed by atoms with Gasteiger partial charge in [-0.3, -0.25) is 4.79 Å². The van der Waals surface area contributed by atoms with Crippen LogP contribution in [0.2, 0.25) is 0 Å². The van der Waals surface area contributed by atoms with Gasteiger partial charge in [0.25, 0.3) is 0 Å². The SMILES string of the molecule is COc1cccc(/C=C/C(=O)Nc2ccc(S(=O)(=O)N[C@H](C)[C@@H]3C[C@H]4CC[C@H]3C4)cc2)c1OC. The van der Waals surface area contributed by atoms with Gasteiger partial charge in [0.15, 0.2) is 11.5 Å². The van der Waals surface area contributed by atoms with Crippen molar-refractivity contribution in [1.29, 1.82) is 0 Å². The zero-order chi connectivity index (χ0) is 24.3. The van der Waals surface area contributed by atoms with Gasteiger partial charge < -0.3 is 14.8 Å². The highest BCUT2D eigenvalue weighted by molar-refractivity contribution is 7.89. The number of sulfonamides is 1. The fourth-order valence-electron chi connectivity index (χ4n) is 5.42. The minimum absolute atomic E-state index is 0.0848. The molecule has 0 unspecified atom stereocenters. The van der Waals surface area contributed by atoms with E-state index in [2.05, 4.69) is 10.0 Å². The molecule has 2 aliphatic rings. The minimum atomic E-state index is -3.62. The summed E-state index contributed by atoms with van der Waals surface area (Å²) >= 11 is 0. The van der Waals surface area contributed by atoms with Gasteiger partial charge in [-0.25, -0.2) is 13.1 Å². The van der Waals surface area contributed by atoms with Crippen molar-refractivity contribution < 1.29 is 22.7 Å². The van der Waals surface area contributed by atoms with Gasteiger partial charge in [-0.15, -0.1) is 0 Å². The number of carbonyl (C=O) groups is 1. The van der Waals surface area contributed by atoms with Crippen LogP contribution in [-0.4, -0.2) is 34.6 Å². The van der Waals surface area contributed by atoms with Gasteiger partial charge in [0.1, 0.15) is 0 Å². The third-order valence-corrected chi connectivity index (χ3v) is 8.63. The Kier molecular flexibility index (Phi) is 7.28. The van der Waals surface area contributed by atoms with E-state index in [1.807, 2.05) is 19.1 Å². The number of fused-ring (bicyclic) bond motifs is 2. The summed E-state index contributed by atoms with van der Waals surface area (Å²) in [6.45, 7) is 1.97. The summed E-state index contributed by atoms with van der Waals surface area (Å²) < 4.78 is 39.3. The van der Waals surface area contributed by atoms with E-state index in [1.165, 1.54) is 44.6 Å². The Balaban J connectivity index is 1.37. The molecule has 8 heteroatoms. The van der Waals surface area contributed by atoms with E-state index in [0.717, 1.165) is 12.3 Å². The zero-order valence-electron chi connectivity index (χ0n) is 19.8. The summed E-state index contributed by atoms with van der Waals surface area (Å²) in [7, 11) is -0.530. The molecule has 2 fully saturated rings. The van der Waals surface area contributed by atoms with Crippen LogP contribution in [0.3, 0.4) is 0 Å². The molecule has 4 atom stereocenters. The lowest BCUT2D eigenvalue weighted by atomic mass is 9.84. The van der Waals surface area contributed by atoms with Crippen molar-refractivity contribution in [2.45, 2.75) is 43.5 Å². The van der Waals surface area contributed by atoms with E-state index in [9.17, 15) is 13.2 Å². The molecular weight excluding hydrogens is 452 g/mol. The lowest BCUT2D eigenvalue weighted by Crippen LogP contribution is -2.40. The van der Waals surface area contributed by atoms with Crippen LogP contribution in [0, 0.1) is 17.8 Å². The number of nitrogens with one attached hydrogen (secondary N) is 2. The second-order valence-electron chi connectivity index (χ2n) is 9.18. The monoisotopic (exact) mass is 484 g/mol. The van der Waals surface area contributed by atoms with Crippen LogP contribution >= 0.6 is 0 Å². The summed E-state index contributed by atoms with van der Waals surface area (Å²) in [5, 5.41) is 2.75. The zero-order valence-corrected chi connectivity index (χ0v) is 20.6. The second-order valence-corrected chi connectivity index (χ2v) is 10.9. The highest BCUT2D eigenvalue weighted by Crippen LogP contribution is 2.49. The van der Waals surface area contributed by atoms with Crippen LogP contribution in [0.15, 0.2) is 53.4 Å². The lowest BCUT2D eigenvalue weighted by Gasteiger charge is -2.28. The Morgan fingerprint density at radius 2 is 1.82 bits per heavy atom. The van der Waals surface area contributed by atoms with Crippen LogP contribution in [0.4, 0.5) is 5.69 Å². The van der Waals surface area contributed by atoms with Gasteiger partial charge in [0.2, 0.25) is 15.9 Å². The summed E-state index contributed by atoms with van der Waals surface area (Å²) in [6.07, 6.45) is 7.89. The van der Waals surface area contributed by atoms with Crippen molar-refractivity contribution in [1.82, 2.24) is 4.72 Å². The van der Waals surface area contributed by atoms with Crippen LogP contribution in [0.1, 0.15) is 38.2 Å². The van der Waals surface area contributed by atoms with Crippen LogP contribution in [0.5, 0.6) is 11.5 Å². The third kappa shape index (κ3) is 5.28. The van der Waals surface area contributed by atoms with Crippen LogP contribution in [0.25, 0.3) is 6.08 Å². The molecule has 34 heavy (non-hydrogen) atoms. The van der Waals surface area contributed by atoms with Crippen LogP contribution < -0.4 is 19.5 Å². The normalized spacial score (nSPS) is 22.6. The molecular formula is C26H32N2O5S. The predicted octanol–water partition coefficient (Wildman–Crippen LogP) is 4.46. The summed E-state index contributed by atoms with van der Waals surface area (Å²) in [5.74, 6) is 2.60. The van der Waals surface area contributed by atoms with Crippen molar-refractivity contribution in [3.63, 3.8) is 0 Å². The van der Waals surface area contributed by atoms with Crippen molar-refractivity contribution in [2.75, 3.05) is 19.5 Å². The molecule has 2 bridgehead atoms. The number of amides is 1. The number of methoxy groups -OCH3 is 2. The summed E-state index contributed by atoms with van der Waals surface area (Å²) in [5.41, 5.74) is 1.21. The molecule has 0 heterocycles. The first-order chi connectivity index (χ1) is 16.3. The maximum absolute atomic E-state index is 12.9. The lowest BCUT2D eigenvalue weighted by molar-refractivity contribution is -0.111. The number of anilines is 1. The Labute approximate surface area is 201 Å². The number of hydrogen-bond acceptors (Lipinski definition) is 5. The molecule has 2 aromatic rings. The topological polar surface area (TPSA) is 93.7 Å². The fourth-order valence-corrected chi connectivity index (χ4v) is 6.71. The van der Waals surface area contributed by atoms with Crippen molar-refractivity contribution in [2.24, 2.45) is 17.8 Å². The fraction of sp³-hybridized carbons (Fsp3) is 0.423. The van der Waals surface area contributed by atoms with Gasteiger partial charge in [0.05, 0.1) is 19.1 Å². The molecule has 2 aliphatic carbocycles. The standard InChI is InChI=1S/C26H32N2O5S/c1-17(23-16-18-7-8-20(23)15-18)28-34(30,31)22-12-10-21(11-13-22)27-25(29)14-9-19-5-4-6-24(32-2)26(19)33-3/h4-6,9-14,17-18,20,23,28H,7-8,15-16H2,1-3H3,(H,27,29)/b14-9+/t17-,18+,20+,23+/m1/s1. The molecule has 0 radical (unpaired) electrons. The molecule has 2 aromatic carbocycles. The number of ether oxygens (including phenoxy) is 2. The molecule has 4 rings (SSSR count). The van der Waals surface area contributed by atoms with Crippen molar-refractivity contribution in [3.8, 4) is 11.5 Å². The molecule has 7 nitrogen and oxygen atoms in total. The van der Waals surface area contributed by atoms with Gasteiger partial charge >= 0.3 is 0 Å². The number of para-hydroxylation sites is 1. The van der Waals surface area contributed by atoms with Crippen molar-refractivity contribution in [3.05, 3.63) is 54.1 Å². The molecule has 0 spiro atoms. The Morgan fingerprint density at radius 1 is 1.06 bits per heavy atom. The molecule has 0 aromatic heterocycles. The van der Waals surface area contributed by atoms with E-state index in [4.69, 9.17) is 9.47 Å². The van der Waals surface area contributed by atoms with Gasteiger partial charge in [-0.05, 0) is 80.3 Å². The third-order valence-electron chi connectivity index (χ3n) is 7.06. The van der Waals surface area contributed by atoms with E-state index in [0.29, 0.717) is 34.6 Å². The maximum Gasteiger partial charge on any atom is 0.248 e. The number of carbonyl (C=O) groups excluding carboxylic acids is 1. The average Bonchev–Trinajstić information content (AvgIpc) is 3.46. The molecule has 0 aliphatic heterocycles. The number of benzene rings is 2. The predicted molar refractivity (Wildman–Crippen MR) is 132 cm³/mol. The summed E-state index contributed by atoms with van der Waals surface area (Å²) in [6, 6.07) is 11.5. The van der Waals surface area contributed by atoms with Gasteiger partial charge in [-0.2, -0.15) is 0 Å². The molecule has 182 valence electrons. The molecule has 0 saturated heterocycles. The molecule has 2 saturated carbocycles. The first kappa shape index (κ1) is 24.3. The smallest absolute Gasteiger partial charge is 0.248 e. The Morgan fingerprint density at radius 3 is 2.44 bits per heavy atom. The Hall–Kier alpha value is -2.84. The van der Waals surface area contributed by atoms with E-state index < -0.39 is 10.0 Å². The number of rotatable bonds is 9. The van der Waals surface area contributed by atoms with E-state index in [-0.39, 0.29) is 16.8 Å². The summed E-state index contributed by atoms with van der Waals surface area (Å²) in [4.78, 5) is 12.6. The van der Waals surface area contributed by atoms with Gasteiger partial charge in [0, 0.05) is 23.4 Å². The van der Waals surface area contributed by atoms with Crippen molar-refractivity contribution >= 4 is 27.7 Å². The molecule has 1 amide bonds. The minimum Gasteiger partial charge on any atom is -0.493 e. The average molecular weight is 485 g/mol.